The number of rotatable bonds is 13. The van der Waals surface area contributed by atoms with Crippen LogP contribution in [0.4, 0.5) is 24.5 Å². The molecular formula is C49H48F3N3O8S3. The van der Waals surface area contributed by atoms with Crippen molar-refractivity contribution >= 4 is 80.0 Å². The first-order chi connectivity index (χ1) is 30.8. The van der Waals surface area contributed by atoms with Gasteiger partial charge >= 0.3 is 15.5 Å². The van der Waals surface area contributed by atoms with Crippen LogP contribution in [-0.2, 0) is 41.1 Å². The zero-order valence-corrected chi connectivity index (χ0v) is 39.2. The van der Waals surface area contributed by atoms with Crippen molar-refractivity contribution in [1.82, 2.24) is 4.31 Å². The van der Waals surface area contributed by atoms with Gasteiger partial charge in [-0.1, -0.05) is 98.8 Å². The average Bonchev–Trinajstić information content (AvgIpc) is 3.75. The second-order valence-corrected chi connectivity index (χ2v) is 22.8. The summed E-state index contributed by atoms with van der Waals surface area (Å²) in [4.78, 5) is 1.93. The molecule has 0 spiro atoms. The minimum atomic E-state index is -5.99. The number of sulfonamides is 1. The van der Waals surface area contributed by atoms with Crippen LogP contribution < -0.4 is 4.90 Å². The molecule has 2 aliphatic heterocycles. The summed E-state index contributed by atoms with van der Waals surface area (Å²) >= 11 is 0. The Bertz CT molecular complexity index is 3350. The van der Waals surface area contributed by atoms with Gasteiger partial charge in [0.1, 0.15) is 6.54 Å². The standard InChI is InChI=1S/C49H48F3N3O8S3/c1-47(2)42(54(28-12-30-64(56,57)58)40-24-20-32-14-6-8-16-34(32)44(40)47)26-22-38-36-18-10-11-19-37(36)39(46(38)53(5)66(62,63)49(50,51)52)23-27-43-48(3,4)45-35-17-9-7-15-33(35)21-25-41(45)55(43)29-13-31-65(59,60)61/h6-11,14-27H,12-13,28-31H2,1-5H3,(H-,56,57,58,59,60,61). The number of fused-ring (bicyclic) bond motifs is 7. The van der Waals surface area contributed by atoms with E-state index in [1.807, 2.05) is 110 Å². The molecule has 0 atom stereocenters. The molecule has 3 aliphatic rings. The highest BCUT2D eigenvalue weighted by Gasteiger charge is 2.51. The molecule has 1 aliphatic carbocycles. The summed E-state index contributed by atoms with van der Waals surface area (Å²) < 4.78 is 142. The molecule has 2 heterocycles. The molecule has 0 bridgehead atoms. The van der Waals surface area contributed by atoms with Crippen LogP contribution >= 0.6 is 0 Å². The molecule has 0 saturated carbocycles. The molecule has 8 rings (SSSR count). The molecule has 1 N–H and O–H groups in total. The third-order valence-electron chi connectivity index (χ3n) is 12.9. The first-order valence-corrected chi connectivity index (χ1v) is 25.8. The number of benzene rings is 5. The fourth-order valence-corrected chi connectivity index (χ4v) is 11.7. The number of allylic oxidation sites excluding steroid dienone is 7. The zero-order valence-electron chi connectivity index (χ0n) is 36.8. The molecule has 346 valence electrons. The lowest BCUT2D eigenvalue weighted by atomic mass is 9.79. The molecule has 0 fully saturated rings. The van der Waals surface area contributed by atoms with Crippen LogP contribution in [0.5, 0.6) is 0 Å². The Balaban J connectivity index is 1.34. The van der Waals surface area contributed by atoms with Crippen LogP contribution in [-0.4, -0.2) is 86.1 Å². The summed E-state index contributed by atoms with van der Waals surface area (Å²) in [6.45, 7) is 8.20. The molecule has 11 nitrogen and oxygen atoms in total. The number of anilines is 1. The highest BCUT2D eigenvalue weighted by Crippen LogP contribution is 2.52. The van der Waals surface area contributed by atoms with Gasteiger partial charge in [0.05, 0.1) is 27.0 Å². The van der Waals surface area contributed by atoms with Crippen LogP contribution in [0.1, 0.15) is 62.8 Å². The molecule has 0 saturated heterocycles. The van der Waals surface area contributed by atoms with E-state index < -0.39 is 58.1 Å². The molecular weight excluding hydrogens is 912 g/mol. The van der Waals surface area contributed by atoms with Crippen molar-refractivity contribution in [3.8, 4) is 0 Å². The minimum absolute atomic E-state index is 0.0146. The summed E-state index contributed by atoms with van der Waals surface area (Å²) in [5.41, 5.74) is -1.53. The van der Waals surface area contributed by atoms with Crippen molar-refractivity contribution in [2.24, 2.45) is 0 Å². The van der Waals surface area contributed by atoms with Crippen molar-refractivity contribution in [1.29, 1.82) is 0 Å². The monoisotopic (exact) mass is 959 g/mol. The SMILES string of the molecule is CN(C1=C(/C=C/C2=[N+](CCCS(=O)(=O)[O-])c3ccc4ccccc4c3C2(C)C)c2ccccc2/C1=C\C=C1\N(CCCS(=O)(=O)O)c2ccc3ccccc3c2C1(C)C)S(=O)(=O)C(F)(F)F. The number of nitrogens with zero attached hydrogens (tertiary/aromatic N) is 3. The molecule has 0 aromatic heterocycles. The minimum Gasteiger partial charge on any atom is -0.748 e. The topological polar surface area (TPSA) is 155 Å². The Hall–Kier alpha value is -5.59. The van der Waals surface area contributed by atoms with Gasteiger partial charge in [-0.3, -0.25) is 8.86 Å². The lowest BCUT2D eigenvalue weighted by Gasteiger charge is -2.27. The quantitative estimate of drug-likeness (QED) is 0.0898. The maximum atomic E-state index is 14.6. The second-order valence-electron chi connectivity index (χ2n) is 17.7. The van der Waals surface area contributed by atoms with Crippen molar-refractivity contribution < 1.29 is 52.1 Å². The van der Waals surface area contributed by atoms with Crippen molar-refractivity contribution in [2.75, 3.05) is 36.5 Å². The van der Waals surface area contributed by atoms with Gasteiger partial charge < -0.3 is 9.45 Å². The van der Waals surface area contributed by atoms with Gasteiger partial charge in [-0.05, 0) is 82.8 Å². The van der Waals surface area contributed by atoms with Gasteiger partial charge in [0.15, 0.2) is 5.71 Å². The largest absolute Gasteiger partial charge is 0.748 e. The normalized spacial score (nSPS) is 18.4. The van der Waals surface area contributed by atoms with Gasteiger partial charge in [0, 0.05) is 71.4 Å². The lowest BCUT2D eigenvalue weighted by molar-refractivity contribution is -0.437. The number of hydrogen-bond donors (Lipinski definition) is 1. The predicted octanol–water partition coefficient (Wildman–Crippen LogP) is 9.41. The number of likely N-dealkylation sites (N-methyl/N-ethyl adjacent to an activating group) is 1. The van der Waals surface area contributed by atoms with Crippen LogP contribution in [0.3, 0.4) is 0 Å². The van der Waals surface area contributed by atoms with Gasteiger partial charge in [0.2, 0.25) is 5.69 Å². The maximum absolute atomic E-state index is 14.6. The lowest BCUT2D eigenvalue weighted by Crippen LogP contribution is -2.37. The van der Waals surface area contributed by atoms with Crippen molar-refractivity contribution in [3.63, 3.8) is 0 Å². The Labute approximate surface area is 383 Å². The first-order valence-electron chi connectivity index (χ1n) is 21.2. The van der Waals surface area contributed by atoms with Gasteiger partial charge in [-0.2, -0.15) is 34.6 Å². The van der Waals surface area contributed by atoms with E-state index in [0.29, 0.717) is 22.5 Å². The number of hydrogen-bond acceptors (Lipinski definition) is 8. The van der Waals surface area contributed by atoms with Crippen molar-refractivity contribution in [2.45, 2.75) is 56.9 Å². The van der Waals surface area contributed by atoms with E-state index in [2.05, 4.69) is 0 Å². The third-order valence-corrected chi connectivity index (χ3v) is 16.0. The van der Waals surface area contributed by atoms with E-state index in [0.717, 1.165) is 51.1 Å². The average molecular weight is 960 g/mol. The molecule has 66 heavy (non-hydrogen) atoms. The summed E-state index contributed by atoms with van der Waals surface area (Å²) in [6.07, 6.45) is 6.68. The number of halogens is 3. The molecule has 0 amide bonds. The zero-order chi connectivity index (χ0) is 47.8. The summed E-state index contributed by atoms with van der Waals surface area (Å²) in [7, 11) is -14.0. The Morgan fingerprint density at radius 2 is 1.32 bits per heavy atom. The first kappa shape index (κ1) is 46.9. The van der Waals surface area contributed by atoms with E-state index in [1.165, 1.54) is 0 Å². The van der Waals surface area contributed by atoms with E-state index in [4.69, 9.17) is 0 Å². The van der Waals surface area contributed by atoms with Gasteiger partial charge in [-0.15, -0.1) is 0 Å². The Morgan fingerprint density at radius 3 is 1.94 bits per heavy atom. The summed E-state index contributed by atoms with van der Waals surface area (Å²) in [6, 6.07) is 30.0. The number of alkyl halides is 3. The Kier molecular flexibility index (Phi) is 11.8. The van der Waals surface area contributed by atoms with Crippen LogP contribution in [0.2, 0.25) is 0 Å². The van der Waals surface area contributed by atoms with Gasteiger partial charge in [0.25, 0.3) is 10.1 Å². The Morgan fingerprint density at radius 1 is 0.727 bits per heavy atom. The van der Waals surface area contributed by atoms with Crippen LogP contribution in [0.15, 0.2) is 133 Å². The summed E-state index contributed by atoms with van der Waals surface area (Å²) in [5, 5.41) is 3.79. The van der Waals surface area contributed by atoms with E-state index >= 15 is 0 Å². The van der Waals surface area contributed by atoms with E-state index in [1.54, 1.807) is 48.6 Å². The van der Waals surface area contributed by atoms with E-state index in [-0.39, 0.29) is 47.1 Å². The van der Waals surface area contributed by atoms with Crippen LogP contribution in [0, 0.1) is 0 Å². The fraction of sp³-hybridized carbons (Fsp3) is 0.286. The molecule has 5 aromatic rings. The van der Waals surface area contributed by atoms with E-state index in [9.17, 15) is 47.5 Å². The molecule has 0 unspecified atom stereocenters. The smallest absolute Gasteiger partial charge is 0.516 e. The maximum Gasteiger partial charge on any atom is 0.516 e. The highest BCUT2D eigenvalue weighted by molar-refractivity contribution is 7.90. The highest BCUT2D eigenvalue weighted by atomic mass is 32.2. The van der Waals surface area contributed by atoms with Gasteiger partial charge in [-0.25, -0.2) is 8.42 Å². The second kappa shape index (κ2) is 16.6. The van der Waals surface area contributed by atoms with Crippen LogP contribution in [0.25, 0.3) is 32.7 Å². The fourth-order valence-electron chi connectivity index (χ4n) is 9.99. The van der Waals surface area contributed by atoms with Crippen molar-refractivity contribution in [3.05, 3.63) is 155 Å². The molecule has 5 aromatic carbocycles. The molecule has 17 heteroatoms. The predicted molar refractivity (Wildman–Crippen MR) is 253 cm³/mol. The third kappa shape index (κ3) is 8.29. The molecule has 0 radical (unpaired) electrons. The summed E-state index contributed by atoms with van der Waals surface area (Å²) in [5.74, 6) is -1.13.